The summed E-state index contributed by atoms with van der Waals surface area (Å²) in [5, 5.41) is 3.84. The summed E-state index contributed by atoms with van der Waals surface area (Å²) in [6.07, 6.45) is 2.23. The first-order valence-electron chi connectivity index (χ1n) is 5.39. The highest BCUT2D eigenvalue weighted by atomic mass is 16.5. The average molecular weight is 231 g/mol. The zero-order valence-corrected chi connectivity index (χ0v) is 9.75. The van der Waals surface area contributed by atoms with E-state index in [0.717, 1.165) is 5.69 Å². The number of ketones is 1. The lowest BCUT2D eigenvalue weighted by Gasteiger charge is -1.98. The van der Waals surface area contributed by atoms with E-state index in [9.17, 15) is 4.79 Å². The average Bonchev–Trinajstić information content (AvgIpc) is 2.77. The summed E-state index contributed by atoms with van der Waals surface area (Å²) in [6.45, 7) is 3.26. The molecular weight excluding hydrogens is 218 g/mol. The molecule has 0 bridgehead atoms. The van der Waals surface area contributed by atoms with Gasteiger partial charge in [0.25, 0.3) is 0 Å². The number of carbonyl (C=O) groups excluding carboxylic acids is 1. The van der Waals surface area contributed by atoms with Gasteiger partial charge in [-0.2, -0.15) is 4.98 Å². The highest BCUT2D eigenvalue weighted by Gasteiger charge is 2.18. The third kappa shape index (κ3) is 2.75. The SMILES string of the molecule is CC(=O)C(C)c1nc(Cc2ccccn2)no1. The fourth-order valence-electron chi connectivity index (χ4n) is 1.35. The van der Waals surface area contributed by atoms with Gasteiger partial charge < -0.3 is 4.52 Å². The zero-order chi connectivity index (χ0) is 12.3. The topological polar surface area (TPSA) is 68.9 Å². The van der Waals surface area contributed by atoms with Crippen LogP contribution >= 0.6 is 0 Å². The molecule has 17 heavy (non-hydrogen) atoms. The van der Waals surface area contributed by atoms with E-state index in [-0.39, 0.29) is 11.7 Å². The predicted molar refractivity (Wildman–Crippen MR) is 60.4 cm³/mol. The highest BCUT2D eigenvalue weighted by molar-refractivity contribution is 5.81. The Labute approximate surface area is 98.9 Å². The van der Waals surface area contributed by atoms with Crippen LogP contribution in [0.25, 0.3) is 0 Å². The summed E-state index contributed by atoms with van der Waals surface area (Å²) in [7, 11) is 0. The van der Waals surface area contributed by atoms with Crippen molar-refractivity contribution in [1.82, 2.24) is 15.1 Å². The molecule has 0 radical (unpaired) electrons. The summed E-state index contributed by atoms with van der Waals surface area (Å²) in [4.78, 5) is 19.5. The van der Waals surface area contributed by atoms with Crippen LogP contribution < -0.4 is 0 Å². The van der Waals surface area contributed by atoms with E-state index in [1.807, 2.05) is 18.2 Å². The molecule has 0 spiro atoms. The van der Waals surface area contributed by atoms with Crippen molar-refractivity contribution in [2.75, 3.05) is 0 Å². The second-order valence-corrected chi connectivity index (χ2v) is 3.88. The largest absolute Gasteiger partial charge is 0.339 e. The number of Topliss-reactive ketones (excluding diaryl/α,β-unsaturated/α-hetero) is 1. The molecule has 0 fully saturated rings. The van der Waals surface area contributed by atoms with Crippen LogP contribution in [0.4, 0.5) is 0 Å². The van der Waals surface area contributed by atoms with Crippen molar-refractivity contribution in [1.29, 1.82) is 0 Å². The summed E-state index contributed by atoms with van der Waals surface area (Å²) in [5.74, 6) is 0.577. The first-order chi connectivity index (χ1) is 8.16. The Morgan fingerprint density at radius 2 is 2.29 bits per heavy atom. The van der Waals surface area contributed by atoms with Crippen LogP contribution in [0.1, 0.15) is 37.2 Å². The van der Waals surface area contributed by atoms with Crippen LogP contribution in [0, 0.1) is 0 Å². The Morgan fingerprint density at radius 1 is 1.47 bits per heavy atom. The van der Waals surface area contributed by atoms with Gasteiger partial charge in [-0.3, -0.25) is 9.78 Å². The van der Waals surface area contributed by atoms with Gasteiger partial charge >= 0.3 is 0 Å². The van der Waals surface area contributed by atoms with E-state index in [1.165, 1.54) is 6.92 Å². The van der Waals surface area contributed by atoms with E-state index in [4.69, 9.17) is 4.52 Å². The lowest BCUT2D eigenvalue weighted by molar-refractivity contribution is -0.118. The van der Waals surface area contributed by atoms with Crippen LogP contribution in [-0.4, -0.2) is 20.9 Å². The summed E-state index contributed by atoms with van der Waals surface area (Å²) in [6, 6.07) is 5.65. The van der Waals surface area contributed by atoms with Crippen molar-refractivity contribution >= 4 is 5.78 Å². The van der Waals surface area contributed by atoms with Crippen LogP contribution in [0.3, 0.4) is 0 Å². The number of rotatable bonds is 4. The summed E-state index contributed by atoms with van der Waals surface area (Å²) < 4.78 is 5.05. The number of aromatic nitrogens is 3. The molecule has 0 amide bonds. The number of pyridine rings is 1. The Hall–Kier alpha value is -2.04. The first-order valence-corrected chi connectivity index (χ1v) is 5.39. The minimum atomic E-state index is -0.347. The van der Waals surface area contributed by atoms with Crippen LogP contribution in [-0.2, 0) is 11.2 Å². The normalized spacial score (nSPS) is 12.4. The Morgan fingerprint density at radius 3 is 2.94 bits per heavy atom. The van der Waals surface area contributed by atoms with Gasteiger partial charge in [0.05, 0.1) is 12.3 Å². The molecule has 0 N–H and O–H groups in total. The Bertz CT molecular complexity index is 507. The molecule has 2 heterocycles. The van der Waals surface area contributed by atoms with Gasteiger partial charge in [-0.1, -0.05) is 11.2 Å². The highest BCUT2D eigenvalue weighted by Crippen LogP contribution is 2.14. The molecule has 0 aromatic carbocycles. The maximum absolute atomic E-state index is 11.2. The molecule has 0 aliphatic carbocycles. The molecule has 0 aliphatic rings. The number of nitrogens with zero attached hydrogens (tertiary/aromatic N) is 3. The fraction of sp³-hybridized carbons (Fsp3) is 0.333. The molecule has 0 aliphatic heterocycles. The van der Waals surface area contributed by atoms with Crippen molar-refractivity contribution in [2.24, 2.45) is 0 Å². The van der Waals surface area contributed by atoms with Gasteiger partial charge in [0.15, 0.2) is 5.82 Å². The molecule has 2 aromatic heterocycles. The van der Waals surface area contributed by atoms with E-state index in [0.29, 0.717) is 18.1 Å². The third-order valence-corrected chi connectivity index (χ3v) is 2.53. The standard InChI is InChI=1S/C12H13N3O2/c1-8(9(2)16)12-14-11(15-17-12)7-10-5-3-4-6-13-10/h3-6,8H,7H2,1-2H3. The molecule has 2 aromatic rings. The molecule has 5 nitrogen and oxygen atoms in total. The second-order valence-electron chi connectivity index (χ2n) is 3.88. The number of hydrogen-bond donors (Lipinski definition) is 0. The van der Waals surface area contributed by atoms with Crippen molar-refractivity contribution in [3.63, 3.8) is 0 Å². The summed E-state index contributed by atoms with van der Waals surface area (Å²) >= 11 is 0. The summed E-state index contributed by atoms with van der Waals surface area (Å²) in [5.41, 5.74) is 0.871. The molecule has 0 saturated heterocycles. The zero-order valence-electron chi connectivity index (χ0n) is 9.75. The molecule has 1 unspecified atom stereocenters. The first kappa shape index (κ1) is 11.4. The quantitative estimate of drug-likeness (QED) is 0.801. The molecule has 0 saturated carbocycles. The fourth-order valence-corrected chi connectivity index (χ4v) is 1.35. The van der Waals surface area contributed by atoms with Crippen molar-refractivity contribution < 1.29 is 9.32 Å². The van der Waals surface area contributed by atoms with Crippen LogP contribution in [0.5, 0.6) is 0 Å². The van der Waals surface area contributed by atoms with Gasteiger partial charge in [-0.05, 0) is 26.0 Å². The van der Waals surface area contributed by atoms with Crippen LogP contribution in [0.15, 0.2) is 28.9 Å². The third-order valence-electron chi connectivity index (χ3n) is 2.53. The second kappa shape index (κ2) is 4.86. The van der Waals surface area contributed by atoms with E-state index >= 15 is 0 Å². The Kier molecular flexibility index (Phi) is 3.27. The smallest absolute Gasteiger partial charge is 0.236 e. The molecule has 2 rings (SSSR count). The van der Waals surface area contributed by atoms with E-state index in [2.05, 4.69) is 15.1 Å². The van der Waals surface area contributed by atoms with Gasteiger partial charge in [-0.25, -0.2) is 0 Å². The van der Waals surface area contributed by atoms with E-state index < -0.39 is 0 Å². The molecule has 5 heteroatoms. The lowest BCUT2D eigenvalue weighted by atomic mass is 10.1. The number of hydrogen-bond acceptors (Lipinski definition) is 5. The van der Waals surface area contributed by atoms with Gasteiger partial charge in [0.1, 0.15) is 5.78 Å². The maximum Gasteiger partial charge on any atom is 0.236 e. The molecule has 88 valence electrons. The monoisotopic (exact) mass is 231 g/mol. The van der Waals surface area contributed by atoms with Gasteiger partial charge in [0.2, 0.25) is 5.89 Å². The minimum absolute atomic E-state index is 0.0121. The van der Waals surface area contributed by atoms with Gasteiger partial charge in [0, 0.05) is 11.9 Å². The van der Waals surface area contributed by atoms with Crippen molar-refractivity contribution in [3.8, 4) is 0 Å². The van der Waals surface area contributed by atoms with E-state index in [1.54, 1.807) is 13.1 Å². The predicted octanol–water partition coefficient (Wildman–Crippen LogP) is 1.75. The maximum atomic E-state index is 11.2. The van der Waals surface area contributed by atoms with Crippen molar-refractivity contribution in [2.45, 2.75) is 26.2 Å². The molecular formula is C12H13N3O2. The van der Waals surface area contributed by atoms with Crippen LogP contribution in [0.2, 0.25) is 0 Å². The number of carbonyl (C=O) groups is 1. The van der Waals surface area contributed by atoms with Crippen molar-refractivity contribution in [3.05, 3.63) is 41.8 Å². The minimum Gasteiger partial charge on any atom is -0.339 e. The Balaban J connectivity index is 2.11. The molecule has 1 atom stereocenters. The van der Waals surface area contributed by atoms with Gasteiger partial charge in [-0.15, -0.1) is 0 Å². The lowest BCUT2D eigenvalue weighted by Crippen LogP contribution is -2.04.